The third kappa shape index (κ3) is 13.3. The molecule has 1 heterocycles. The second-order valence-corrected chi connectivity index (χ2v) is 18.9. The van der Waals surface area contributed by atoms with Gasteiger partial charge in [-0.2, -0.15) is 0 Å². The molecule has 0 spiro atoms. The van der Waals surface area contributed by atoms with Crippen LogP contribution in [-0.4, -0.2) is 71.4 Å². The van der Waals surface area contributed by atoms with Crippen LogP contribution in [0.15, 0.2) is 78.9 Å². The van der Waals surface area contributed by atoms with Crippen LogP contribution >= 0.6 is 0 Å². The third-order valence-electron chi connectivity index (χ3n) is 10.1. The zero-order valence-electron chi connectivity index (χ0n) is 32.3. The van der Waals surface area contributed by atoms with E-state index in [1.807, 2.05) is 60.7 Å². The Kier molecular flexibility index (Phi) is 16.1. The van der Waals surface area contributed by atoms with Crippen LogP contribution in [0.25, 0.3) is 21.9 Å². The summed E-state index contributed by atoms with van der Waals surface area (Å²) in [6.07, 6.45) is 11.8. The highest BCUT2D eigenvalue weighted by Gasteiger charge is 2.16. The van der Waals surface area contributed by atoms with Gasteiger partial charge in [-0.15, -0.1) is 0 Å². The summed E-state index contributed by atoms with van der Waals surface area (Å²) in [5, 5.41) is 1.99. The molecule has 1 fully saturated rings. The number of benzene rings is 4. The molecule has 54 heavy (non-hydrogen) atoms. The van der Waals surface area contributed by atoms with Crippen molar-refractivity contribution in [2.45, 2.75) is 90.9 Å². The summed E-state index contributed by atoms with van der Waals surface area (Å²) < 4.78 is 68.0. The molecule has 0 atom stereocenters. The normalized spacial score (nSPS) is 14.0. The first-order valence-corrected chi connectivity index (χ1v) is 23.6. The van der Waals surface area contributed by atoms with Crippen molar-refractivity contribution in [1.29, 1.82) is 0 Å². The summed E-state index contributed by atoms with van der Waals surface area (Å²) in [7, 11) is -6.62. The van der Waals surface area contributed by atoms with Gasteiger partial charge < -0.3 is 14.2 Å². The zero-order chi connectivity index (χ0) is 38.2. The number of piperidine rings is 1. The van der Waals surface area contributed by atoms with Crippen molar-refractivity contribution in [3.63, 3.8) is 0 Å². The van der Waals surface area contributed by atoms with Gasteiger partial charge in [0.1, 0.15) is 23.9 Å². The number of hydrogen-bond acceptors (Lipinski definition) is 8. The van der Waals surface area contributed by atoms with Crippen molar-refractivity contribution in [1.82, 2.24) is 4.90 Å². The highest BCUT2D eigenvalue weighted by molar-refractivity contribution is 7.91. The van der Waals surface area contributed by atoms with Crippen LogP contribution < -0.4 is 14.2 Å². The molecule has 0 N–H and O–H groups in total. The standard InChI is InChI=1S/C44H59NO7S2/c1-3-5-7-12-30-53(46,47)34-51-40-21-16-37(17-22-40)42-24-18-38-33-41(52-35-54(48,49)31-13-8-6-4-2)23-25-43(38)44(42)32-36-14-19-39(20-15-36)50-29-28-45-26-10-9-11-27-45/h14-25,33H,3-13,26-32,34-35H2,1-2H3. The lowest BCUT2D eigenvalue weighted by Gasteiger charge is -2.26. The Balaban J connectivity index is 1.33. The topological polar surface area (TPSA) is 99.2 Å². The largest absolute Gasteiger partial charge is 0.492 e. The van der Waals surface area contributed by atoms with E-state index in [-0.39, 0.29) is 23.4 Å². The average Bonchev–Trinajstić information content (AvgIpc) is 3.18. The maximum atomic E-state index is 12.6. The van der Waals surface area contributed by atoms with Crippen molar-refractivity contribution < 1.29 is 31.0 Å². The molecule has 10 heteroatoms. The van der Waals surface area contributed by atoms with Gasteiger partial charge in [0.25, 0.3) is 0 Å². The zero-order valence-corrected chi connectivity index (χ0v) is 33.9. The number of nitrogens with zero attached hydrogens (tertiary/aromatic N) is 1. The quantitative estimate of drug-likeness (QED) is 0.0687. The van der Waals surface area contributed by atoms with E-state index in [0.29, 0.717) is 37.4 Å². The van der Waals surface area contributed by atoms with Gasteiger partial charge >= 0.3 is 0 Å². The lowest BCUT2D eigenvalue weighted by molar-refractivity contribution is 0.183. The average molecular weight is 778 g/mol. The van der Waals surface area contributed by atoms with Crippen molar-refractivity contribution in [3.05, 3.63) is 90.0 Å². The van der Waals surface area contributed by atoms with Crippen LogP contribution in [0.3, 0.4) is 0 Å². The molecule has 4 aromatic rings. The molecule has 1 aliphatic rings. The number of unbranched alkanes of at least 4 members (excludes halogenated alkanes) is 6. The van der Waals surface area contributed by atoms with Crippen molar-refractivity contribution in [2.24, 2.45) is 0 Å². The van der Waals surface area contributed by atoms with Crippen LogP contribution in [0, 0.1) is 0 Å². The minimum atomic E-state index is -3.32. The van der Waals surface area contributed by atoms with Crippen molar-refractivity contribution in [3.8, 4) is 28.4 Å². The molecule has 294 valence electrons. The lowest BCUT2D eigenvalue weighted by Crippen LogP contribution is -2.33. The van der Waals surface area contributed by atoms with Crippen molar-refractivity contribution >= 4 is 30.4 Å². The smallest absolute Gasteiger partial charge is 0.189 e. The molecule has 0 aliphatic carbocycles. The van der Waals surface area contributed by atoms with E-state index in [9.17, 15) is 16.8 Å². The van der Waals surface area contributed by atoms with E-state index in [1.54, 1.807) is 0 Å². The maximum absolute atomic E-state index is 12.6. The second-order valence-electron chi connectivity index (χ2n) is 14.6. The summed E-state index contributed by atoms with van der Waals surface area (Å²) >= 11 is 0. The summed E-state index contributed by atoms with van der Waals surface area (Å²) in [5.74, 6) is 1.49. The van der Waals surface area contributed by atoms with E-state index in [2.05, 4.69) is 36.9 Å². The first kappa shape index (κ1) is 41.6. The van der Waals surface area contributed by atoms with Crippen LogP contribution in [0.5, 0.6) is 17.2 Å². The number of likely N-dealkylation sites (tertiary alicyclic amines) is 1. The minimum Gasteiger partial charge on any atom is -0.492 e. The summed E-state index contributed by atoms with van der Waals surface area (Å²) in [4.78, 5) is 2.47. The molecule has 8 nitrogen and oxygen atoms in total. The Morgan fingerprint density at radius 3 is 1.80 bits per heavy atom. The van der Waals surface area contributed by atoms with Gasteiger partial charge in [0.15, 0.2) is 31.6 Å². The fourth-order valence-electron chi connectivity index (χ4n) is 6.97. The SMILES string of the molecule is CCCCCCS(=O)(=O)COc1ccc(-c2ccc3cc(OCS(=O)(=O)CCCCCC)ccc3c2Cc2ccc(OCCN3CCCCC3)cc2)cc1. The maximum Gasteiger partial charge on any atom is 0.189 e. The second kappa shape index (κ2) is 20.9. The first-order valence-electron chi connectivity index (χ1n) is 19.9. The molecular formula is C44H59NO7S2. The predicted octanol–water partition coefficient (Wildman–Crippen LogP) is 9.63. The van der Waals surface area contributed by atoms with E-state index in [4.69, 9.17) is 14.2 Å². The van der Waals surface area contributed by atoms with Crippen LogP contribution in [0.1, 0.15) is 95.6 Å². The minimum absolute atomic E-state index is 0.134. The lowest BCUT2D eigenvalue weighted by atomic mass is 9.90. The van der Waals surface area contributed by atoms with Gasteiger partial charge in [0.2, 0.25) is 0 Å². The molecule has 1 saturated heterocycles. The fourth-order valence-corrected chi connectivity index (χ4v) is 9.12. The van der Waals surface area contributed by atoms with E-state index < -0.39 is 19.7 Å². The molecular weight excluding hydrogens is 719 g/mol. The summed E-state index contributed by atoms with van der Waals surface area (Å²) in [6.45, 7) is 8.12. The van der Waals surface area contributed by atoms with Gasteiger partial charge in [-0.1, -0.05) is 101 Å². The molecule has 0 bridgehead atoms. The number of fused-ring (bicyclic) bond motifs is 1. The molecule has 4 aromatic carbocycles. The molecule has 0 radical (unpaired) electrons. The molecule has 0 amide bonds. The molecule has 5 rings (SSSR count). The Morgan fingerprint density at radius 2 is 1.17 bits per heavy atom. The third-order valence-corrected chi connectivity index (χ3v) is 12.9. The van der Waals surface area contributed by atoms with Crippen LogP contribution in [0.4, 0.5) is 0 Å². The van der Waals surface area contributed by atoms with Crippen LogP contribution in [-0.2, 0) is 26.1 Å². The summed E-state index contributed by atoms with van der Waals surface area (Å²) in [5.41, 5.74) is 4.27. The highest BCUT2D eigenvalue weighted by Crippen LogP contribution is 2.35. The fraction of sp³-hybridized carbons (Fsp3) is 0.500. The Hall–Kier alpha value is -3.60. The number of sulfone groups is 2. The van der Waals surface area contributed by atoms with E-state index >= 15 is 0 Å². The first-order chi connectivity index (χ1) is 26.1. The highest BCUT2D eigenvalue weighted by atomic mass is 32.2. The number of ether oxygens (including phenoxy) is 3. The van der Waals surface area contributed by atoms with Crippen LogP contribution in [0.2, 0.25) is 0 Å². The van der Waals surface area contributed by atoms with Crippen molar-refractivity contribution in [2.75, 3.05) is 49.6 Å². The van der Waals surface area contributed by atoms with Gasteiger partial charge in [-0.3, -0.25) is 4.90 Å². The van der Waals surface area contributed by atoms with E-state index in [1.165, 1.54) is 19.3 Å². The number of hydrogen-bond donors (Lipinski definition) is 0. The Labute approximate surface area is 324 Å². The van der Waals surface area contributed by atoms with Gasteiger partial charge in [-0.25, -0.2) is 16.8 Å². The molecule has 1 aliphatic heterocycles. The molecule has 0 unspecified atom stereocenters. The summed E-state index contributed by atoms with van der Waals surface area (Å²) in [6, 6.07) is 25.8. The van der Waals surface area contributed by atoms with Gasteiger partial charge in [0, 0.05) is 6.54 Å². The monoisotopic (exact) mass is 777 g/mol. The van der Waals surface area contributed by atoms with Gasteiger partial charge in [0.05, 0.1) is 11.5 Å². The Morgan fingerprint density at radius 1 is 0.593 bits per heavy atom. The number of rotatable bonds is 23. The molecule has 0 aromatic heterocycles. The van der Waals surface area contributed by atoms with E-state index in [0.717, 1.165) is 96.9 Å². The predicted molar refractivity (Wildman–Crippen MR) is 221 cm³/mol. The Bertz CT molecular complexity index is 1950. The van der Waals surface area contributed by atoms with Gasteiger partial charge in [-0.05, 0) is 115 Å². The molecule has 0 saturated carbocycles.